The van der Waals surface area contributed by atoms with Gasteiger partial charge in [0, 0.05) is 19.8 Å². The van der Waals surface area contributed by atoms with Crippen LogP contribution in [0.15, 0.2) is 9.59 Å². The number of aromatic nitrogens is 2. The summed E-state index contributed by atoms with van der Waals surface area (Å²) in [6.07, 6.45) is 1.79. The van der Waals surface area contributed by atoms with Gasteiger partial charge >= 0.3 is 5.69 Å². The molecule has 114 valence electrons. The molecule has 1 heterocycles. The minimum atomic E-state index is -0.573. The van der Waals surface area contributed by atoms with Crippen LogP contribution in [-0.2, 0) is 17.7 Å². The van der Waals surface area contributed by atoms with E-state index in [2.05, 4.69) is 18.8 Å². The number of hydrogen-bond acceptors (Lipinski definition) is 4. The van der Waals surface area contributed by atoms with Gasteiger partial charge in [-0.25, -0.2) is 4.79 Å². The van der Waals surface area contributed by atoms with Crippen LogP contribution in [0.25, 0.3) is 0 Å². The Morgan fingerprint density at radius 3 is 2.65 bits per heavy atom. The van der Waals surface area contributed by atoms with E-state index in [-0.39, 0.29) is 11.4 Å². The highest BCUT2D eigenvalue weighted by Crippen LogP contribution is 2.12. The van der Waals surface area contributed by atoms with E-state index >= 15 is 0 Å². The summed E-state index contributed by atoms with van der Waals surface area (Å²) in [5, 5.41) is 10.0. The predicted molar refractivity (Wildman–Crippen MR) is 77.3 cm³/mol. The van der Waals surface area contributed by atoms with Crippen LogP contribution in [0.5, 0.6) is 5.88 Å². The van der Waals surface area contributed by atoms with Gasteiger partial charge in [-0.2, -0.15) is 0 Å². The molecule has 0 aromatic carbocycles. The Hall–Kier alpha value is -1.56. The highest BCUT2D eigenvalue weighted by molar-refractivity contribution is 5.22. The molecule has 0 aliphatic carbocycles. The van der Waals surface area contributed by atoms with Crippen LogP contribution in [-0.4, -0.2) is 27.9 Å². The molecule has 2 N–H and O–H groups in total. The molecule has 0 bridgehead atoms. The molecule has 1 aromatic heterocycles. The Morgan fingerprint density at radius 2 is 2.05 bits per heavy atom. The highest BCUT2D eigenvalue weighted by atomic mass is 16.5. The summed E-state index contributed by atoms with van der Waals surface area (Å²) in [4.78, 5) is 25.5. The lowest BCUT2D eigenvalue weighted by molar-refractivity contribution is 0.104. The maximum absolute atomic E-state index is 11.7. The van der Waals surface area contributed by atoms with Crippen LogP contribution in [0.2, 0.25) is 0 Å². The Kier molecular flexibility index (Phi) is 6.51. The molecule has 6 nitrogen and oxygen atoms in total. The molecule has 0 fully saturated rings. The van der Waals surface area contributed by atoms with Gasteiger partial charge in [0.15, 0.2) is 0 Å². The number of ether oxygens (including phenoxy) is 1. The molecule has 0 saturated heterocycles. The van der Waals surface area contributed by atoms with Gasteiger partial charge in [-0.15, -0.1) is 0 Å². The molecule has 0 unspecified atom stereocenters. The molecule has 0 spiro atoms. The van der Waals surface area contributed by atoms with Crippen molar-refractivity contribution in [3.63, 3.8) is 0 Å². The predicted octanol–water partition coefficient (Wildman–Crippen LogP) is 1.26. The van der Waals surface area contributed by atoms with Gasteiger partial charge in [-0.3, -0.25) is 14.3 Å². The fourth-order valence-corrected chi connectivity index (χ4v) is 1.93. The van der Waals surface area contributed by atoms with E-state index in [4.69, 9.17) is 4.74 Å². The maximum Gasteiger partial charge on any atom is 0.331 e. The van der Waals surface area contributed by atoms with E-state index in [1.54, 1.807) is 0 Å². The standard InChI is InChI=1S/C14H24N2O4/c1-4-6-11-12(17)15-14(19)16(13(11)18)7-5-8-20-9-10(2)3/h10,18H,4-9H2,1-3H3,(H,15,17,19). The SMILES string of the molecule is CCCc1c(O)n(CCCOCC(C)C)c(=O)[nH]c1=O. The second-order valence-electron chi connectivity index (χ2n) is 5.29. The number of nitrogens with zero attached hydrogens (tertiary/aromatic N) is 1. The van der Waals surface area contributed by atoms with E-state index in [0.717, 1.165) is 6.42 Å². The Bertz CT molecular complexity index is 531. The molecule has 0 amide bonds. The largest absolute Gasteiger partial charge is 0.494 e. The smallest absolute Gasteiger partial charge is 0.331 e. The summed E-state index contributed by atoms with van der Waals surface area (Å²) in [5.74, 6) is 0.250. The van der Waals surface area contributed by atoms with E-state index < -0.39 is 11.2 Å². The average molecular weight is 284 g/mol. The molecule has 20 heavy (non-hydrogen) atoms. The van der Waals surface area contributed by atoms with Gasteiger partial charge in [-0.05, 0) is 18.8 Å². The number of nitrogens with one attached hydrogen (secondary N) is 1. The molecule has 1 aromatic rings. The first-order valence-electron chi connectivity index (χ1n) is 7.10. The normalized spacial score (nSPS) is 11.2. The van der Waals surface area contributed by atoms with Crippen LogP contribution >= 0.6 is 0 Å². The van der Waals surface area contributed by atoms with E-state index in [0.29, 0.717) is 38.5 Å². The van der Waals surface area contributed by atoms with Crippen molar-refractivity contribution in [2.75, 3.05) is 13.2 Å². The van der Waals surface area contributed by atoms with Crippen molar-refractivity contribution in [1.82, 2.24) is 9.55 Å². The molecule has 1 rings (SSSR count). The number of rotatable bonds is 8. The van der Waals surface area contributed by atoms with Crippen molar-refractivity contribution in [1.29, 1.82) is 0 Å². The van der Waals surface area contributed by atoms with Gasteiger partial charge in [0.05, 0.1) is 5.56 Å². The quantitative estimate of drug-likeness (QED) is 0.704. The number of aromatic amines is 1. The summed E-state index contributed by atoms with van der Waals surface area (Å²) in [5.41, 5.74) is -0.798. The van der Waals surface area contributed by atoms with Crippen molar-refractivity contribution in [3.05, 3.63) is 26.4 Å². The monoisotopic (exact) mass is 284 g/mol. The summed E-state index contributed by atoms with van der Waals surface area (Å²) in [6, 6.07) is 0. The van der Waals surface area contributed by atoms with Crippen molar-refractivity contribution >= 4 is 0 Å². The van der Waals surface area contributed by atoms with Gasteiger partial charge in [0.2, 0.25) is 5.88 Å². The molecule has 0 saturated carbocycles. The van der Waals surface area contributed by atoms with Gasteiger partial charge in [0.25, 0.3) is 5.56 Å². The third kappa shape index (κ3) is 4.52. The molecule has 0 radical (unpaired) electrons. The molecule has 0 aliphatic rings. The average Bonchev–Trinajstić information content (AvgIpc) is 2.37. The van der Waals surface area contributed by atoms with E-state index in [1.807, 2.05) is 6.92 Å². The zero-order chi connectivity index (χ0) is 15.1. The summed E-state index contributed by atoms with van der Waals surface area (Å²) in [7, 11) is 0. The third-order valence-electron chi connectivity index (χ3n) is 2.89. The second-order valence-corrected chi connectivity index (χ2v) is 5.29. The highest BCUT2D eigenvalue weighted by Gasteiger charge is 2.12. The maximum atomic E-state index is 11.7. The van der Waals surface area contributed by atoms with Gasteiger partial charge in [-0.1, -0.05) is 27.2 Å². The van der Waals surface area contributed by atoms with Crippen molar-refractivity contribution < 1.29 is 9.84 Å². The fourth-order valence-electron chi connectivity index (χ4n) is 1.93. The van der Waals surface area contributed by atoms with Crippen LogP contribution in [0.1, 0.15) is 39.2 Å². The third-order valence-corrected chi connectivity index (χ3v) is 2.89. The Balaban J connectivity index is 2.72. The van der Waals surface area contributed by atoms with Crippen LogP contribution in [0, 0.1) is 5.92 Å². The second kappa shape index (κ2) is 7.89. The van der Waals surface area contributed by atoms with Gasteiger partial charge in [0.1, 0.15) is 0 Å². The summed E-state index contributed by atoms with van der Waals surface area (Å²) in [6.45, 7) is 7.56. The molecule has 0 aliphatic heterocycles. The minimum absolute atomic E-state index is 0.218. The lowest BCUT2D eigenvalue weighted by Crippen LogP contribution is -2.32. The summed E-state index contributed by atoms with van der Waals surface area (Å²) >= 11 is 0. The number of hydrogen-bond donors (Lipinski definition) is 2. The first-order valence-corrected chi connectivity index (χ1v) is 7.10. The van der Waals surface area contributed by atoms with E-state index in [9.17, 15) is 14.7 Å². The zero-order valence-corrected chi connectivity index (χ0v) is 12.4. The van der Waals surface area contributed by atoms with Crippen molar-refractivity contribution in [2.45, 2.75) is 46.6 Å². The molecule has 6 heteroatoms. The van der Waals surface area contributed by atoms with Crippen molar-refractivity contribution in [3.8, 4) is 5.88 Å². The van der Waals surface area contributed by atoms with Crippen LogP contribution < -0.4 is 11.2 Å². The lowest BCUT2D eigenvalue weighted by atomic mass is 10.2. The van der Waals surface area contributed by atoms with Crippen molar-refractivity contribution in [2.24, 2.45) is 5.92 Å². The Labute approximate surface area is 118 Å². The lowest BCUT2D eigenvalue weighted by Gasteiger charge is -2.11. The van der Waals surface area contributed by atoms with E-state index in [1.165, 1.54) is 4.57 Å². The first-order chi connectivity index (χ1) is 9.47. The molecular weight excluding hydrogens is 260 g/mol. The number of H-pyrrole nitrogens is 1. The topological polar surface area (TPSA) is 84.3 Å². The molecule has 0 atom stereocenters. The van der Waals surface area contributed by atoms with Gasteiger partial charge < -0.3 is 9.84 Å². The van der Waals surface area contributed by atoms with Crippen LogP contribution in [0.4, 0.5) is 0 Å². The number of aromatic hydroxyl groups is 1. The zero-order valence-electron chi connectivity index (χ0n) is 12.4. The first kappa shape index (κ1) is 16.5. The summed E-state index contributed by atoms with van der Waals surface area (Å²) < 4.78 is 6.63. The van der Waals surface area contributed by atoms with Crippen LogP contribution in [0.3, 0.4) is 0 Å². The molecular formula is C14H24N2O4. The minimum Gasteiger partial charge on any atom is -0.494 e. The fraction of sp³-hybridized carbons (Fsp3) is 0.714. The Morgan fingerprint density at radius 1 is 1.35 bits per heavy atom.